The van der Waals surface area contributed by atoms with Crippen LogP contribution in [0.1, 0.15) is 18.4 Å². The monoisotopic (exact) mass is 288 g/mol. The van der Waals surface area contributed by atoms with E-state index < -0.39 is 4.92 Å². The third kappa shape index (κ3) is 3.70. The number of nitro benzene ring substituents is 1. The molecule has 1 fully saturated rings. The summed E-state index contributed by atoms with van der Waals surface area (Å²) in [5, 5.41) is 19.9. The molecule has 1 heterocycles. The molecule has 1 saturated heterocycles. The van der Waals surface area contributed by atoms with Crippen LogP contribution in [0.4, 0.5) is 11.4 Å². The molecule has 6 nitrogen and oxygen atoms in total. The molecule has 2 rings (SSSR count). The van der Waals surface area contributed by atoms with Gasteiger partial charge < -0.3 is 9.80 Å². The maximum atomic E-state index is 10.8. The lowest BCUT2D eigenvalue weighted by molar-refractivity contribution is -0.385. The zero-order valence-electron chi connectivity index (χ0n) is 12.5. The maximum absolute atomic E-state index is 10.8. The van der Waals surface area contributed by atoms with E-state index in [0.29, 0.717) is 5.92 Å². The van der Waals surface area contributed by atoms with E-state index in [2.05, 4.69) is 16.8 Å². The molecular weight excluding hydrogens is 268 g/mol. The van der Waals surface area contributed by atoms with Gasteiger partial charge in [0.1, 0.15) is 11.6 Å². The van der Waals surface area contributed by atoms with Crippen LogP contribution in [0.2, 0.25) is 0 Å². The Kier molecular flexibility index (Phi) is 4.76. The fourth-order valence-corrected chi connectivity index (χ4v) is 2.75. The van der Waals surface area contributed by atoms with Crippen LogP contribution in [0.25, 0.3) is 0 Å². The minimum absolute atomic E-state index is 0.118. The molecule has 21 heavy (non-hydrogen) atoms. The Hall–Kier alpha value is -2.13. The van der Waals surface area contributed by atoms with Gasteiger partial charge in [-0.05, 0) is 51.0 Å². The summed E-state index contributed by atoms with van der Waals surface area (Å²) in [5.41, 5.74) is 0.845. The van der Waals surface area contributed by atoms with Gasteiger partial charge in [-0.2, -0.15) is 5.26 Å². The zero-order chi connectivity index (χ0) is 15.4. The predicted octanol–water partition coefficient (Wildman–Crippen LogP) is 2.24. The van der Waals surface area contributed by atoms with Gasteiger partial charge in [0.2, 0.25) is 0 Å². The Bertz CT molecular complexity index is 559. The Morgan fingerprint density at radius 3 is 2.71 bits per heavy atom. The normalized spacial score (nSPS) is 16.4. The van der Waals surface area contributed by atoms with Crippen LogP contribution < -0.4 is 4.90 Å². The summed E-state index contributed by atoms with van der Waals surface area (Å²) in [5.74, 6) is 0.631. The first-order valence-corrected chi connectivity index (χ1v) is 7.09. The van der Waals surface area contributed by atoms with E-state index >= 15 is 0 Å². The van der Waals surface area contributed by atoms with Crippen molar-refractivity contribution in [1.82, 2.24) is 4.90 Å². The van der Waals surface area contributed by atoms with Gasteiger partial charge in [-0.1, -0.05) is 0 Å². The van der Waals surface area contributed by atoms with E-state index in [1.807, 2.05) is 13.1 Å². The van der Waals surface area contributed by atoms with Crippen LogP contribution in [0.15, 0.2) is 18.2 Å². The molecule has 0 saturated carbocycles. The molecule has 112 valence electrons. The van der Waals surface area contributed by atoms with E-state index in [4.69, 9.17) is 5.26 Å². The van der Waals surface area contributed by atoms with Crippen molar-refractivity contribution in [3.8, 4) is 6.07 Å². The second-order valence-corrected chi connectivity index (χ2v) is 5.70. The molecule has 0 N–H and O–H groups in total. The smallest absolute Gasteiger partial charge is 0.287 e. The first kappa shape index (κ1) is 15.3. The summed E-state index contributed by atoms with van der Waals surface area (Å²) < 4.78 is 0. The molecule has 0 bridgehead atoms. The number of rotatable bonds is 4. The number of anilines is 1. The molecule has 0 atom stereocenters. The summed E-state index contributed by atoms with van der Waals surface area (Å²) in [7, 11) is 4.11. The van der Waals surface area contributed by atoms with Gasteiger partial charge in [-0.25, -0.2) is 0 Å². The number of benzene rings is 1. The Balaban J connectivity index is 2.07. The molecular formula is C15H20N4O2. The number of piperidine rings is 1. The van der Waals surface area contributed by atoms with Gasteiger partial charge >= 0.3 is 0 Å². The van der Waals surface area contributed by atoms with E-state index in [9.17, 15) is 10.1 Å². The Morgan fingerprint density at radius 2 is 2.14 bits per heavy atom. The molecule has 1 aromatic rings. The highest BCUT2D eigenvalue weighted by Crippen LogP contribution is 2.25. The van der Waals surface area contributed by atoms with Crippen LogP contribution in [0.5, 0.6) is 0 Å². The summed E-state index contributed by atoms with van der Waals surface area (Å²) in [6, 6.07) is 6.64. The number of nitrogens with zero attached hydrogens (tertiary/aromatic N) is 4. The van der Waals surface area contributed by atoms with Gasteiger partial charge in [0.15, 0.2) is 0 Å². The lowest BCUT2D eigenvalue weighted by Gasteiger charge is -2.32. The Labute approximate surface area is 124 Å². The minimum Gasteiger partial charge on any atom is -0.374 e. The highest BCUT2D eigenvalue weighted by atomic mass is 16.6. The summed E-state index contributed by atoms with van der Waals surface area (Å²) in [6.07, 6.45) is 2.33. The lowest BCUT2D eigenvalue weighted by Crippen LogP contribution is -2.35. The molecule has 1 aromatic carbocycles. The number of likely N-dealkylation sites (tertiary alicyclic amines) is 1. The molecule has 0 amide bonds. The van der Waals surface area contributed by atoms with Crippen molar-refractivity contribution in [2.45, 2.75) is 12.8 Å². The number of nitriles is 1. The van der Waals surface area contributed by atoms with E-state index in [0.717, 1.165) is 25.3 Å². The third-order valence-electron chi connectivity index (χ3n) is 4.11. The molecule has 1 aliphatic rings. The molecule has 0 spiro atoms. The van der Waals surface area contributed by atoms with Crippen LogP contribution in [-0.2, 0) is 0 Å². The van der Waals surface area contributed by atoms with Crippen LogP contribution >= 0.6 is 0 Å². The first-order valence-electron chi connectivity index (χ1n) is 7.09. The number of nitro groups is 1. The lowest BCUT2D eigenvalue weighted by atomic mass is 9.96. The maximum Gasteiger partial charge on any atom is 0.287 e. The fraction of sp³-hybridized carbons (Fsp3) is 0.533. The topological polar surface area (TPSA) is 73.4 Å². The third-order valence-corrected chi connectivity index (χ3v) is 4.11. The predicted molar refractivity (Wildman–Crippen MR) is 81.3 cm³/mol. The summed E-state index contributed by atoms with van der Waals surface area (Å²) >= 11 is 0. The van der Waals surface area contributed by atoms with Crippen molar-refractivity contribution < 1.29 is 4.92 Å². The highest BCUT2D eigenvalue weighted by Gasteiger charge is 2.20. The minimum atomic E-state index is -0.515. The highest BCUT2D eigenvalue weighted by molar-refractivity contribution is 5.59. The van der Waals surface area contributed by atoms with Crippen molar-refractivity contribution in [1.29, 1.82) is 5.26 Å². The second-order valence-electron chi connectivity index (χ2n) is 5.70. The van der Waals surface area contributed by atoms with Crippen molar-refractivity contribution in [3.63, 3.8) is 0 Å². The largest absolute Gasteiger partial charge is 0.374 e. The molecule has 6 heteroatoms. The number of hydrogen-bond acceptors (Lipinski definition) is 5. The van der Waals surface area contributed by atoms with Crippen molar-refractivity contribution in [2.24, 2.45) is 5.92 Å². The Morgan fingerprint density at radius 1 is 1.48 bits per heavy atom. The average Bonchev–Trinajstić information content (AvgIpc) is 2.48. The fourth-order valence-electron chi connectivity index (χ4n) is 2.75. The first-order chi connectivity index (χ1) is 10.0. The molecule has 0 radical (unpaired) electrons. The quantitative estimate of drug-likeness (QED) is 0.627. The van der Waals surface area contributed by atoms with Gasteiger partial charge in [-0.3, -0.25) is 10.1 Å². The van der Waals surface area contributed by atoms with Crippen LogP contribution in [0.3, 0.4) is 0 Å². The van der Waals surface area contributed by atoms with Crippen LogP contribution in [-0.4, -0.2) is 43.6 Å². The second kappa shape index (κ2) is 6.55. The van der Waals surface area contributed by atoms with Crippen molar-refractivity contribution in [3.05, 3.63) is 33.9 Å². The van der Waals surface area contributed by atoms with Gasteiger partial charge in [0.25, 0.3) is 5.69 Å². The van der Waals surface area contributed by atoms with Gasteiger partial charge in [0.05, 0.1) is 4.92 Å². The van der Waals surface area contributed by atoms with Crippen molar-refractivity contribution >= 4 is 11.4 Å². The molecule has 1 aliphatic heterocycles. The van der Waals surface area contributed by atoms with E-state index in [-0.39, 0.29) is 11.3 Å². The van der Waals surface area contributed by atoms with E-state index in [1.165, 1.54) is 18.9 Å². The summed E-state index contributed by atoms with van der Waals surface area (Å²) in [6.45, 7) is 3.14. The zero-order valence-corrected chi connectivity index (χ0v) is 12.5. The van der Waals surface area contributed by atoms with Crippen molar-refractivity contribution in [2.75, 3.05) is 38.6 Å². The van der Waals surface area contributed by atoms with E-state index in [1.54, 1.807) is 12.1 Å². The molecule has 0 aliphatic carbocycles. The SMILES string of the molecule is CN1CCC(CN(C)c2ccc([N+](=O)[O-])c(C#N)c2)CC1. The summed E-state index contributed by atoms with van der Waals surface area (Å²) in [4.78, 5) is 14.7. The van der Waals surface area contributed by atoms with Gasteiger partial charge in [0, 0.05) is 25.3 Å². The number of hydrogen-bond donors (Lipinski definition) is 0. The van der Waals surface area contributed by atoms with Crippen LogP contribution in [0, 0.1) is 27.4 Å². The molecule has 0 unspecified atom stereocenters. The average molecular weight is 288 g/mol. The van der Waals surface area contributed by atoms with Gasteiger partial charge in [-0.15, -0.1) is 0 Å². The molecule has 0 aromatic heterocycles. The standard InChI is InChI=1S/C15H20N4O2/c1-17-7-5-12(6-8-17)11-18(2)14-3-4-15(19(20)21)13(9-14)10-16/h3-4,9,12H,5-8,11H2,1-2H3.